The highest BCUT2D eigenvalue weighted by molar-refractivity contribution is 7.94. The molecule has 1 amide bonds. The lowest BCUT2D eigenvalue weighted by Crippen LogP contribution is -2.32. The molecule has 9 heteroatoms. The average Bonchev–Trinajstić information content (AvgIpc) is 3.15. The van der Waals surface area contributed by atoms with Gasteiger partial charge in [-0.3, -0.25) is 13.4 Å². The van der Waals surface area contributed by atoms with Gasteiger partial charge in [0.1, 0.15) is 0 Å². The van der Waals surface area contributed by atoms with E-state index in [1.54, 1.807) is 22.9 Å². The van der Waals surface area contributed by atoms with Gasteiger partial charge in [-0.25, -0.2) is 4.68 Å². The van der Waals surface area contributed by atoms with Gasteiger partial charge in [0.15, 0.2) is 0 Å². The van der Waals surface area contributed by atoms with Crippen LogP contribution in [0.1, 0.15) is 16.1 Å². The third kappa shape index (κ3) is 2.71. The van der Waals surface area contributed by atoms with Crippen molar-refractivity contribution < 1.29 is 13.2 Å². The summed E-state index contributed by atoms with van der Waals surface area (Å²) < 4.78 is 28.6. The van der Waals surface area contributed by atoms with Gasteiger partial charge >= 0.3 is 10.2 Å². The number of carbonyl (C=O) groups is 1. The number of nitrogens with one attached hydrogen (secondary N) is 1. The second-order valence-corrected chi connectivity index (χ2v) is 8.48. The highest BCUT2D eigenvalue weighted by Gasteiger charge is 2.35. The van der Waals surface area contributed by atoms with Crippen molar-refractivity contribution in [2.75, 3.05) is 28.0 Å². The van der Waals surface area contributed by atoms with Gasteiger partial charge < -0.3 is 5.32 Å². The Kier molecular flexibility index (Phi) is 4.11. The Morgan fingerprint density at radius 3 is 2.39 bits per heavy atom. The summed E-state index contributed by atoms with van der Waals surface area (Å²) in [4.78, 5) is 12.7. The second-order valence-electron chi connectivity index (χ2n) is 6.49. The van der Waals surface area contributed by atoms with E-state index in [4.69, 9.17) is 0 Å². The number of hydrogen-bond donors (Lipinski definition) is 1. The molecule has 0 saturated carbocycles. The molecule has 1 N–H and O–H groups in total. The fraction of sp³-hybridized carbons (Fsp3) is 0.158. The van der Waals surface area contributed by atoms with Crippen LogP contribution in [0.25, 0.3) is 5.69 Å². The van der Waals surface area contributed by atoms with Crippen molar-refractivity contribution in [3.63, 3.8) is 0 Å². The van der Waals surface area contributed by atoms with Crippen LogP contribution in [-0.2, 0) is 10.2 Å². The summed E-state index contributed by atoms with van der Waals surface area (Å²) in [7, 11) is -0.573. The van der Waals surface area contributed by atoms with Crippen molar-refractivity contribution in [1.29, 1.82) is 0 Å². The van der Waals surface area contributed by atoms with Crippen molar-refractivity contribution in [1.82, 2.24) is 9.78 Å². The zero-order chi connectivity index (χ0) is 20.1. The predicted octanol–water partition coefficient (Wildman–Crippen LogP) is 2.56. The number of rotatable bonds is 3. The molecule has 3 aromatic rings. The molecule has 0 aliphatic carbocycles. The molecule has 0 atom stereocenters. The Hall–Kier alpha value is -3.33. The highest BCUT2D eigenvalue weighted by Crippen LogP contribution is 2.40. The maximum Gasteiger partial charge on any atom is 0.326 e. The van der Waals surface area contributed by atoms with E-state index in [2.05, 4.69) is 10.4 Å². The summed E-state index contributed by atoms with van der Waals surface area (Å²) in [6, 6.07) is 14.5. The Morgan fingerprint density at radius 1 is 1.00 bits per heavy atom. The monoisotopic (exact) mass is 397 g/mol. The van der Waals surface area contributed by atoms with E-state index in [1.165, 1.54) is 28.9 Å². The minimum absolute atomic E-state index is 0.309. The van der Waals surface area contributed by atoms with Gasteiger partial charge in [-0.2, -0.15) is 13.5 Å². The van der Waals surface area contributed by atoms with E-state index in [0.717, 1.165) is 5.69 Å². The number of carbonyl (C=O) groups excluding carboxylic acids is 1. The summed E-state index contributed by atoms with van der Waals surface area (Å²) in [6.45, 7) is 1.83. The third-order valence-corrected chi connectivity index (χ3v) is 6.64. The molecule has 144 valence electrons. The molecule has 0 bridgehead atoms. The summed E-state index contributed by atoms with van der Waals surface area (Å²) in [5, 5.41) is 7.13. The molecule has 1 aromatic heterocycles. The van der Waals surface area contributed by atoms with Crippen molar-refractivity contribution in [2.24, 2.45) is 0 Å². The molecule has 4 rings (SSSR count). The Balaban J connectivity index is 1.61. The van der Waals surface area contributed by atoms with E-state index < -0.39 is 10.2 Å². The minimum Gasteiger partial charge on any atom is -0.322 e. The standard InChI is InChI=1S/C19H19N5O3S/c1-13-16(12-20-24(13)15-7-5-4-6-8-15)19(25)21-14-9-10-17-18(11-14)23(3)28(26,27)22(17)2/h4-12H,1-3H3,(H,21,25). The zero-order valence-corrected chi connectivity index (χ0v) is 16.4. The van der Waals surface area contributed by atoms with Crippen LogP contribution in [0.15, 0.2) is 54.7 Å². The molecule has 0 fully saturated rings. The van der Waals surface area contributed by atoms with Crippen LogP contribution in [0.2, 0.25) is 0 Å². The largest absolute Gasteiger partial charge is 0.326 e. The fourth-order valence-corrected chi connectivity index (χ4v) is 4.38. The number of nitrogens with zero attached hydrogens (tertiary/aromatic N) is 4. The Morgan fingerprint density at radius 2 is 1.68 bits per heavy atom. The van der Waals surface area contributed by atoms with Crippen LogP contribution >= 0.6 is 0 Å². The van der Waals surface area contributed by atoms with Gasteiger partial charge in [-0.1, -0.05) is 18.2 Å². The first-order chi connectivity index (χ1) is 13.3. The van der Waals surface area contributed by atoms with Crippen molar-refractivity contribution >= 4 is 33.2 Å². The first-order valence-electron chi connectivity index (χ1n) is 8.59. The Labute approximate surface area is 163 Å². The van der Waals surface area contributed by atoms with Crippen LogP contribution in [0.3, 0.4) is 0 Å². The number of aromatic nitrogens is 2. The third-order valence-electron chi connectivity index (χ3n) is 4.86. The molecular weight excluding hydrogens is 378 g/mol. The van der Waals surface area contributed by atoms with E-state index in [-0.39, 0.29) is 5.91 Å². The molecule has 28 heavy (non-hydrogen) atoms. The number of amides is 1. The van der Waals surface area contributed by atoms with Crippen molar-refractivity contribution in [3.8, 4) is 5.69 Å². The minimum atomic E-state index is -3.55. The highest BCUT2D eigenvalue weighted by atomic mass is 32.2. The molecule has 0 unspecified atom stereocenters. The topological polar surface area (TPSA) is 87.5 Å². The average molecular weight is 397 g/mol. The van der Waals surface area contributed by atoms with E-state index in [1.807, 2.05) is 37.3 Å². The summed E-state index contributed by atoms with van der Waals surface area (Å²) in [6.07, 6.45) is 1.52. The molecular formula is C19H19N5O3S. The van der Waals surface area contributed by atoms with Crippen LogP contribution in [0, 0.1) is 6.92 Å². The van der Waals surface area contributed by atoms with Gasteiger partial charge in [-0.15, -0.1) is 0 Å². The van der Waals surface area contributed by atoms with E-state index >= 15 is 0 Å². The number of benzene rings is 2. The van der Waals surface area contributed by atoms with Gasteiger partial charge in [0.05, 0.1) is 34.5 Å². The second kappa shape index (κ2) is 6.38. The number of hydrogen-bond acceptors (Lipinski definition) is 4. The van der Waals surface area contributed by atoms with Gasteiger partial charge in [-0.05, 0) is 37.3 Å². The summed E-state index contributed by atoms with van der Waals surface area (Å²) in [5.41, 5.74) is 3.61. The fourth-order valence-electron chi connectivity index (χ4n) is 3.21. The molecule has 2 heterocycles. The van der Waals surface area contributed by atoms with E-state index in [9.17, 15) is 13.2 Å². The van der Waals surface area contributed by atoms with E-state index in [0.29, 0.717) is 28.3 Å². The van der Waals surface area contributed by atoms with Crippen LogP contribution in [-0.4, -0.2) is 38.2 Å². The maximum atomic E-state index is 12.7. The lowest BCUT2D eigenvalue weighted by atomic mass is 10.2. The molecule has 0 spiro atoms. The predicted molar refractivity (Wildman–Crippen MR) is 108 cm³/mol. The maximum absolute atomic E-state index is 12.7. The number of fused-ring (bicyclic) bond motifs is 1. The molecule has 2 aromatic carbocycles. The van der Waals surface area contributed by atoms with Gasteiger partial charge in [0, 0.05) is 19.8 Å². The van der Waals surface area contributed by atoms with Gasteiger partial charge in [0.25, 0.3) is 5.91 Å². The van der Waals surface area contributed by atoms with Crippen LogP contribution in [0.5, 0.6) is 0 Å². The van der Waals surface area contributed by atoms with Crippen molar-refractivity contribution in [2.45, 2.75) is 6.92 Å². The smallest absolute Gasteiger partial charge is 0.322 e. The normalized spacial score (nSPS) is 14.8. The summed E-state index contributed by atoms with van der Waals surface area (Å²) >= 11 is 0. The number of anilines is 3. The zero-order valence-electron chi connectivity index (χ0n) is 15.6. The van der Waals surface area contributed by atoms with Crippen molar-refractivity contribution in [3.05, 3.63) is 66.0 Å². The molecule has 0 saturated heterocycles. The van der Waals surface area contributed by atoms with Crippen LogP contribution in [0.4, 0.5) is 17.1 Å². The molecule has 8 nitrogen and oxygen atoms in total. The molecule has 1 aliphatic heterocycles. The Bertz CT molecular complexity index is 1170. The number of para-hydroxylation sites is 1. The first-order valence-corrected chi connectivity index (χ1v) is 9.98. The summed E-state index contributed by atoms with van der Waals surface area (Å²) in [5.74, 6) is -0.309. The molecule has 0 radical (unpaired) electrons. The lowest BCUT2D eigenvalue weighted by molar-refractivity contribution is 0.102. The SMILES string of the molecule is Cc1c(C(=O)Nc2ccc3c(c2)N(C)S(=O)(=O)N3C)cnn1-c1ccccc1. The lowest BCUT2D eigenvalue weighted by Gasteiger charge is -2.13. The van der Waals surface area contributed by atoms with Gasteiger partial charge in [0.2, 0.25) is 0 Å². The first kappa shape index (κ1) is 18.1. The quantitative estimate of drug-likeness (QED) is 0.736. The molecule has 1 aliphatic rings. The van der Waals surface area contributed by atoms with Crippen LogP contribution < -0.4 is 13.9 Å².